The summed E-state index contributed by atoms with van der Waals surface area (Å²) in [6.07, 6.45) is 4.78. The van der Waals surface area contributed by atoms with Gasteiger partial charge in [-0.05, 0) is 24.3 Å². The summed E-state index contributed by atoms with van der Waals surface area (Å²) < 4.78 is 36.0. The lowest BCUT2D eigenvalue weighted by molar-refractivity contribution is -0.0301. The van der Waals surface area contributed by atoms with Crippen LogP contribution in [-0.2, 0) is 19.0 Å². The van der Waals surface area contributed by atoms with E-state index in [1.807, 2.05) is 12.2 Å². The fraction of sp³-hybridized carbons (Fsp3) is 0.385. The van der Waals surface area contributed by atoms with Crippen LogP contribution in [0.3, 0.4) is 0 Å². The number of benzene rings is 1. The lowest BCUT2D eigenvalue weighted by Gasteiger charge is -2.27. The Morgan fingerprint density at radius 3 is 2.26 bits per heavy atom. The molecular formula is C13H13BrO4S. The van der Waals surface area contributed by atoms with Gasteiger partial charge < -0.3 is 4.74 Å². The zero-order valence-corrected chi connectivity index (χ0v) is 12.4. The zero-order chi connectivity index (χ0) is 13.5. The van der Waals surface area contributed by atoms with Crippen molar-refractivity contribution in [2.24, 2.45) is 0 Å². The van der Waals surface area contributed by atoms with Gasteiger partial charge in [0, 0.05) is 17.3 Å². The molecule has 0 aliphatic carbocycles. The SMILES string of the molecule is O=S(=O)(O[C@H]1C[C@H]2C=C[C@@H](C1)O2)c1ccc(Br)cc1. The monoisotopic (exact) mass is 344 g/mol. The van der Waals surface area contributed by atoms with Crippen molar-refractivity contribution in [1.82, 2.24) is 0 Å². The van der Waals surface area contributed by atoms with Gasteiger partial charge in [0.05, 0.1) is 23.2 Å². The van der Waals surface area contributed by atoms with Crippen molar-refractivity contribution in [2.45, 2.75) is 36.0 Å². The molecular weight excluding hydrogens is 332 g/mol. The summed E-state index contributed by atoms with van der Waals surface area (Å²) in [6.45, 7) is 0. The maximum atomic E-state index is 12.1. The van der Waals surface area contributed by atoms with E-state index < -0.39 is 10.1 Å². The van der Waals surface area contributed by atoms with Crippen LogP contribution in [0.5, 0.6) is 0 Å². The Morgan fingerprint density at radius 1 is 1.11 bits per heavy atom. The molecule has 0 aromatic heterocycles. The molecule has 6 heteroatoms. The lowest BCUT2D eigenvalue weighted by atomic mass is 10.1. The van der Waals surface area contributed by atoms with Crippen molar-refractivity contribution in [1.29, 1.82) is 0 Å². The third kappa shape index (κ3) is 2.91. The maximum Gasteiger partial charge on any atom is 0.297 e. The van der Waals surface area contributed by atoms with Gasteiger partial charge >= 0.3 is 0 Å². The quantitative estimate of drug-likeness (QED) is 0.624. The van der Waals surface area contributed by atoms with Crippen LogP contribution >= 0.6 is 15.9 Å². The fourth-order valence-corrected chi connectivity index (χ4v) is 3.72. The summed E-state index contributed by atoms with van der Waals surface area (Å²) in [5.41, 5.74) is 0. The highest BCUT2D eigenvalue weighted by Gasteiger charge is 2.34. The molecule has 3 rings (SSSR count). The first kappa shape index (κ1) is 13.3. The molecule has 1 saturated heterocycles. The highest BCUT2D eigenvalue weighted by Crippen LogP contribution is 2.30. The lowest BCUT2D eigenvalue weighted by Crippen LogP contribution is -2.32. The highest BCUT2D eigenvalue weighted by molar-refractivity contribution is 9.10. The average molecular weight is 345 g/mol. The summed E-state index contributed by atoms with van der Waals surface area (Å²) in [4.78, 5) is 0.183. The van der Waals surface area contributed by atoms with Crippen molar-refractivity contribution in [3.8, 4) is 0 Å². The van der Waals surface area contributed by atoms with Gasteiger partial charge in [0.2, 0.25) is 0 Å². The van der Waals surface area contributed by atoms with Crippen LogP contribution in [0.2, 0.25) is 0 Å². The number of fused-ring (bicyclic) bond motifs is 2. The number of rotatable bonds is 3. The third-order valence-corrected chi connectivity index (χ3v) is 5.15. The molecule has 0 saturated carbocycles. The Morgan fingerprint density at radius 2 is 1.68 bits per heavy atom. The predicted octanol–water partition coefficient (Wildman–Crippen LogP) is 2.64. The van der Waals surface area contributed by atoms with E-state index >= 15 is 0 Å². The highest BCUT2D eigenvalue weighted by atomic mass is 79.9. The largest absolute Gasteiger partial charge is 0.367 e. The molecule has 2 heterocycles. The Bertz CT molecular complexity index is 580. The molecule has 1 fully saturated rings. The van der Waals surface area contributed by atoms with E-state index in [1.54, 1.807) is 12.1 Å². The second-order valence-corrected chi connectivity index (χ2v) is 7.18. The number of halogens is 1. The first-order valence-electron chi connectivity index (χ1n) is 6.05. The van der Waals surface area contributed by atoms with Crippen LogP contribution < -0.4 is 0 Å². The Kier molecular flexibility index (Phi) is 3.51. The molecule has 0 unspecified atom stereocenters. The molecule has 19 heavy (non-hydrogen) atoms. The topological polar surface area (TPSA) is 52.6 Å². The van der Waals surface area contributed by atoms with Gasteiger partial charge in [0.1, 0.15) is 0 Å². The van der Waals surface area contributed by atoms with Crippen molar-refractivity contribution >= 4 is 26.0 Å². The van der Waals surface area contributed by atoms with Crippen LogP contribution in [0, 0.1) is 0 Å². The van der Waals surface area contributed by atoms with Gasteiger partial charge in [-0.25, -0.2) is 0 Å². The number of hydrogen-bond donors (Lipinski definition) is 0. The van der Waals surface area contributed by atoms with E-state index in [0.717, 1.165) is 4.47 Å². The standard InChI is InChI=1S/C13H13BrO4S/c14-9-1-5-13(6-2-9)19(15,16)18-12-7-10-3-4-11(8-12)17-10/h1-6,10-12H,7-8H2/t10-,11+,12+. The van der Waals surface area contributed by atoms with Crippen molar-refractivity contribution < 1.29 is 17.3 Å². The van der Waals surface area contributed by atoms with E-state index in [1.165, 1.54) is 12.1 Å². The van der Waals surface area contributed by atoms with Crippen LogP contribution in [-0.4, -0.2) is 26.7 Å². The van der Waals surface area contributed by atoms with Crippen molar-refractivity contribution in [2.75, 3.05) is 0 Å². The number of hydrogen-bond acceptors (Lipinski definition) is 4. The Hall–Kier alpha value is -0.690. The molecule has 2 bridgehead atoms. The van der Waals surface area contributed by atoms with Gasteiger partial charge in [0.25, 0.3) is 10.1 Å². The first-order chi connectivity index (χ1) is 9.03. The van der Waals surface area contributed by atoms with Gasteiger partial charge in [-0.15, -0.1) is 0 Å². The van der Waals surface area contributed by atoms with Gasteiger partial charge in [0.15, 0.2) is 0 Å². The van der Waals surface area contributed by atoms with Crippen LogP contribution in [0.25, 0.3) is 0 Å². The summed E-state index contributed by atoms with van der Waals surface area (Å²) >= 11 is 3.27. The summed E-state index contributed by atoms with van der Waals surface area (Å²) in [5.74, 6) is 0. The predicted molar refractivity (Wildman–Crippen MR) is 73.2 cm³/mol. The summed E-state index contributed by atoms with van der Waals surface area (Å²) in [5, 5.41) is 0. The fourth-order valence-electron chi connectivity index (χ4n) is 2.36. The Labute approximate surface area is 120 Å². The van der Waals surface area contributed by atoms with E-state index in [2.05, 4.69) is 15.9 Å². The third-order valence-electron chi connectivity index (χ3n) is 3.25. The molecule has 0 radical (unpaired) electrons. The van der Waals surface area contributed by atoms with Gasteiger partial charge in [-0.3, -0.25) is 4.18 Å². The first-order valence-corrected chi connectivity index (χ1v) is 8.26. The van der Waals surface area contributed by atoms with Crippen LogP contribution in [0.15, 0.2) is 45.8 Å². The second kappa shape index (κ2) is 5.01. The molecule has 2 aliphatic rings. The molecule has 1 aromatic carbocycles. The molecule has 4 nitrogen and oxygen atoms in total. The molecule has 1 aromatic rings. The van der Waals surface area contributed by atoms with E-state index in [-0.39, 0.29) is 23.2 Å². The van der Waals surface area contributed by atoms with Crippen molar-refractivity contribution in [3.05, 3.63) is 40.9 Å². The minimum atomic E-state index is -3.70. The normalized spacial score (nSPS) is 29.6. The average Bonchev–Trinajstić information content (AvgIpc) is 2.69. The zero-order valence-electron chi connectivity index (χ0n) is 10.0. The Balaban J connectivity index is 1.73. The second-order valence-electron chi connectivity index (χ2n) is 4.70. The van der Waals surface area contributed by atoms with Crippen molar-refractivity contribution in [3.63, 3.8) is 0 Å². The molecule has 0 spiro atoms. The maximum absolute atomic E-state index is 12.1. The van der Waals surface area contributed by atoms with E-state index in [9.17, 15) is 8.42 Å². The molecule has 102 valence electrons. The smallest absolute Gasteiger partial charge is 0.297 e. The van der Waals surface area contributed by atoms with Crippen LogP contribution in [0.4, 0.5) is 0 Å². The summed E-state index contributed by atoms with van der Waals surface area (Å²) in [6, 6.07) is 6.44. The minimum absolute atomic E-state index is 0.0103. The molecule has 0 amide bonds. The van der Waals surface area contributed by atoms with Gasteiger partial charge in [-0.2, -0.15) is 8.42 Å². The van der Waals surface area contributed by atoms with Crippen LogP contribution in [0.1, 0.15) is 12.8 Å². The molecule has 0 N–H and O–H groups in total. The molecule has 2 aliphatic heterocycles. The van der Waals surface area contributed by atoms with Gasteiger partial charge in [-0.1, -0.05) is 28.1 Å². The molecule has 3 atom stereocenters. The van der Waals surface area contributed by atoms with E-state index in [0.29, 0.717) is 12.8 Å². The minimum Gasteiger partial charge on any atom is -0.367 e. The number of ether oxygens (including phenoxy) is 1. The van der Waals surface area contributed by atoms with E-state index in [4.69, 9.17) is 8.92 Å². The summed E-state index contributed by atoms with van der Waals surface area (Å²) in [7, 11) is -3.70.